The highest BCUT2D eigenvalue weighted by Gasteiger charge is 2.26. The van der Waals surface area contributed by atoms with Gasteiger partial charge in [0, 0.05) is 16.1 Å². The topological polar surface area (TPSA) is 44.6 Å². The number of hydrazone groups is 1. The Morgan fingerprint density at radius 3 is 1.84 bits per heavy atom. The Hall–Kier alpha value is -2.00. The summed E-state index contributed by atoms with van der Waals surface area (Å²) in [6, 6.07) is 11.4. The van der Waals surface area contributed by atoms with Crippen molar-refractivity contribution in [1.29, 1.82) is 0 Å². The number of nitrogens with one attached hydrogen (secondary N) is 1. The minimum Gasteiger partial charge on any atom is -0.507 e. The van der Waals surface area contributed by atoms with Crippen molar-refractivity contribution in [2.24, 2.45) is 5.10 Å². The molecule has 0 bridgehead atoms. The SMILES string of the molecule is CC(C)(C)c1cc(/C=N/Nc2ccc(Cl)cc2)cc(C(C)(C)C)c1O. The van der Waals surface area contributed by atoms with E-state index < -0.39 is 0 Å². The molecule has 0 aliphatic rings. The van der Waals surface area contributed by atoms with Crippen LogP contribution in [0.3, 0.4) is 0 Å². The maximum Gasteiger partial charge on any atom is 0.123 e. The summed E-state index contributed by atoms with van der Waals surface area (Å²) in [5, 5.41) is 15.8. The molecule has 0 unspecified atom stereocenters. The van der Waals surface area contributed by atoms with Crippen molar-refractivity contribution in [3.63, 3.8) is 0 Å². The lowest BCUT2D eigenvalue weighted by molar-refractivity contribution is 0.423. The number of benzene rings is 2. The van der Waals surface area contributed by atoms with Crippen LogP contribution in [0.5, 0.6) is 5.75 Å². The summed E-state index contributed by atoms with van der Waals surface area (Å²) in [5.74, 6) is 0.378. The lowest BCUT2D eigenvalue weighted by atomic mass is 9.78. The Morgan fingerprint density at radius 1 is 0.920 bits per heavy atom. The first-order valence-electron chi connectivity index (χ1n) is 8.41. The van der Waals surface area contributed by atoms with Crippen molar-refractivity contribution in [3.05, 3.63) is 58.1 Å². The Labute approximate surface area is 155 Å². The van der Waals surface area contributed by atoms with E-state index in [2.05, 4.69) is 52.1 Å². The van der Waals surface area contributed by atoms with Crippen molar-refractivity contribution in [1.82, 2.24) is 0 Å². The van der Waals surface area contributed by atoms with E-state index in [0.29, 0.717) is 10.8 Å². The van der Waals surface area contributed by atoms with Gasteiger partial charge in [-0.3, -0.25) is 5.43 Å². The summed E-state index contributed by atoms with van der Waals surface area (Å²) < 4.78 is 0. The van der Waals surface area contributed by atoms with Crippen molar-refractivity contribution in [3.8, 4) is 5.75 Å². The van der Waals surface area contributed by atoms with Gasteiger partial charge in [-0.1, -0.05) is 53.1 Å². The Morgan fingerprint density at radius 2 is 1.40 bits per heavy atom. The summed E-state index contributed by atoms with van der Waals surface area (Å²) in [4.78, 5) is 0. The molecule has 0 radical (unpaired) electrons. The van der Waals surface area contributed by atoms with Gasteiger partial charge in [-0.2, -0.15) is 5.10 Å². The Kier molecular flexibility index (Phi) is 5.48. The molecule has 0 aliphatic heterocycles. The second-order valence-electron chi connectivity index (χ2n) is 8.34. The van der Waals surface area contributed by atoms with Crippen molar-refractivity contribution < 1.29 is 5.11 Å². The van der Waals surface area contributed by atoms with Crippen LogP contribution in [0.2, 0.25) is 5.02 Å². The average Bonchev–Trinajstić information content (AvgIpc) is 2.48. The predicted molar refractivity (Wildman–Crippen MR) is 108 cm³/mol. The first-order chi connectivity index (χ1) is 11.5. The lowest BCUT2D eigenvalue weighted by Crippen LogP contribution is -2.17. The Bertz CT molecular complexity index is 731. The van der Waals surface area contributed by atoms with Crippen molar-refractivity contribution in [2.45, 2.75) is 52.4 Å². The highest BCUT2D eigenvalue weighted by Crippen LogP contribution is 2.39. The monoisotopic (exact) mass is 358 g/mol. The van der Waals surface area contributed by atoms with Crippen LogP contribution in [0, 0.1) is 0 Å². The fraction of sp³-hybridized carbons (Fsp3) is 0.381. The molecule has 25 heavy (non-hydrogen) atoms. The second kappa shape index (κ2) is 7.09. The van der Waals surface area contributed by atoms with Gasteiger partial charge in [-0.15, -0.1) is 0 Å². The summed E-state index contributed by atoms with van der Waals surface area (Å²) in [6.07, 6.45) is 1.78. The van der Waals surface area contributed by atoms with Gasteiger partial charge in [-0.25, -0.2) is 0 Å². The number of nitrogens with zero attached hydrogens (tertiary/aromatic N) is 1. The van der Waals surface area contributed by atoms with Gasteiger partial charge in [0.1, 0.15) is 5.75 Å². The number of rotatable bonds is 3. The quantitative estimate of drug-likeness (QED) is 0.515. The number of anilines is 1. The molecule has 2 aromatic rings. The van der Waals surface area contributed by atoms with E-state index in [9.17, 15) is 5.11 Å². The first kappa shape index (κ1) is 19.3. The summed E-state index contributed by atoms with van der Waals surface area (Å²) in [5.41, 5.74) is 6.36. The molecule has 0 saturated heterocycles. The van der Waals surface area contributed by atoms with E-state index in [1.165, 1.54) is 0 Å². The molecule has 0 heterocycles. The molecule has 0 amide bonds. The molecule has 4 heteroatoms. The second-order valence-corrected chi connectivity index (χ2v) is 8.78. The van der Waals surface area contributed by atoms with E-state index in [4.69, 9.17) is 11.6 Å². The molecule has 0 atom stereocenters. The van der Waals surface area contributed by atoms with Crippen molar-refractivity contribution in [2.75, 3.05) is 5.43 Å². The molecule has 0 aromatic heterocycles. The van der Waals surface area contributed by atoms with Crippen LogP contribution in [0.4, 0.5) is 5.69 Å². The van der Waals surface area contributed by atoms with Crippen LogP contribution in [0.1, 0.15) is 58.2 Å². The lowest BCUT2D eigenvalue weighted by Gasteiger charge is -2.27. The minimum atomic E-state index is -0.155. The molecule has 0 aliphatic carbocycles. The van der Waals surface area contributed by atoms with Gasteiger partial charge in [0.2, 0.25) is 0 Å². The zero-order valence-corrected chi connectivity index (χ0v) is 16.6. The van der Waals surface area contributed by atoms with Crippen LogP contribution in [-0.2, 0) is 10.8 Å². The van der Waals surface area contributed by atoms with Gasteiger partial charge in [0.05, 0.1) is 11.9 Å². The van der Waals surface area contributed by atoms with E-state index in [-0.39, 0.29) is 10.8 Å². The highest BCUT2D eigenvalue weighted by atomic mass is 35.5. The number of halogens is 1. The minimum absolute atomic E-state index is 0.155. The fourth-order valence-electron chi connectivity index (χ4n) is 2.58. The first-order valence-corrected chi connectivity index (χ1v) is 8.79. The molecular weight excluding hydrogens is 332 g/mol. The molecule has 2 rings (SSSR count). The van der Waals surface area contributed by atoms with Crippen LogP contribution in [0.15, 0.2) is 41.5 Å². The number of phenolic OH excluding ortho intramolecular Hbond substituents is 1. The molecular formula is C21H27ClN2O. The van der Waals surface area contributed by atoms with Crippen LogP contribution in [0.25, 0.3) is 0 Å². The van der Waals surface area contributed by atoms with Gasteiger partial charge in [-0.05, 0) is 52.8 Å². The van der Waals surface area contributed by atoms with E-state index in [1.54, 1.807) is 6.21 Å². The molecule has 0 spiro atoms. The largest absolute Gasteiger partial charge is 0.507 e. The molecule has 0 saturated carbocycles. The van der Waals surface area contributed by atoms with Gasteiger partial charge >= 0.3 is 0 Å². The van der Waals surface area contributed by atoms with Gasteiger partial charge in [0.25, 0.3) is 0 Å². The number of hydrogen-bond donors (Lipinski definition) is 2. The van der Waals surface area contributed by atoms with E-state index >= 15 is 0 Å². The van der Waals surface area contributed by atoms with Gasteiger partial charge in [0.15, 0.2) is 0 Å². The zero-order chi connectivity index (χ0) is 18.8. The molecule has 0 fully saturated rings. The third-order valence-corrected chi connectivity index (χ3v) is 4.25. The summed E-state index contributed by atoms with van der Waals surface area (Å²) in [7, 11) is 0. The summed E-state index contributed by atoms with van der Waals surface area (Å²) >= 11 is 5.89. The third kappa shape index (κ3) is 4.99. The number of phenols is 1. The normalized spacial score (nSPS) is 12.6. The molecule has 134 valence electrons. The van der Waals surface area contributed by atoms with Crippen LogP contribution >= 0.6 is 11.6 Å². The number of aromatic hydroxyl groups is 1. The average molecular weight is 359 g/mol. The summed E-state index contributed by atoms with van der Waals surface area (Å²) in [6.45, 7) is 12.6. The molecule has 2 N–H and O–H groups in total. The predicted octanol–water partition coefficient (Wildman–Crippen LogP) is 6.09. The number of hydrogen-bond acceptors (Lipinski definition) is 3. The maximum atomic E-state index is 10.7. The zero-order valence-electron chi connectivity index (χ0n) is 15.8. The van der Waals surface area contributed by atoms with Crippen molar-refractivity contribution >= 4 is 23.5 Å². The smallest absolute Gasteiger partial charge is 0.123 e. The maximum absolute atomic E-state index is 10.7. The molecule has 3 nitrogen and oxygen atoms in total. The standard InChI is InChI=1S/C21H27ClN2O/c1-20(2,3)17-11-14(12-18(19(17)25)21(4,5)6)13-23-24-16-9-7-15(22)8-10-16/h7-13,24-25H,1-6H3/b23-13+. The third-order valence-electron chi connectivity index (χ3n) is 4.00. The van der Waals surface area contributed by atoms with Gasteiger partial charge < -0.3 is 5.11 Å². The van der Waals surface area contributed by atoms with Crippen LogP contribution in [-0.4, -0.2) is 11.3 Å². The van der Waals surface area contributed by atoms with E-state index in [0.717, 1.165) is 22.4 Å². The van der Waals surface area contributed by atoms with Crippen LogP contribution < -0.4 is 5.43 Å². The fourth-order valence-corrected chi connectivity index (χ4v) is 2.71. The van der Waals surface area contributed by atoms with E-state index in [1.807, 2.05) is 36.4 Å². The Balaban J connectivity index is 2.36. The molecule has 2 aromatic carbocycles. The highest BCUT2D eigenvalue weighted by molar-refractivity contribution is 6.30.